The molecule has 0 unspecified atom stereocenters. The number of benzene rings is 1. The van der Waals surface area contributed by atoms with Crippen molar-refractivity contribution in [2.24, 2.45) is 0 Å². The summed E-state index contributed by atoms with van der Waals surface area (Å²) in [7, 11) is 0. The van der Waals surface area contributed by atoms with Crippen molar-refractivity contribution < 1.29 is 4.74 Å². The molecule has 0 amide bonds. The monoisotopic (exact) mass is 347 g/mol. The van der Waals surface area contributed by atoms with E-state index >= 15 is 0 Å². The van der Waals surface area contributed by atoms with Crippen molar-refractivity contribution in [1.82, 2.24) is 14.9 Å². The van der Waals surface area contributed by atoms with Crippen LogP contribution in [0.15, 0.2) is 36.7 Å². The van der Waals surface area contributed by atoms with Gasteiger partial charge in [-0.2, -0.15) is 0 Å². The summed E-state index contributed by atoms with van der Waals surface area (Å²) in [6, 6.07) is 9.69. The van der Waals surface area contributed by atoms with E-state index in [0.717, 1.165) is 61.6 Å². The standard InChI is InChI=1S/C17H22ClN5O/c18-15-3-1-14(2-4-15)12-20-17-11-16(21-13-22-17)19-5-6-23-7-9-24-10-8-23/h1-4,11,13H,5-10,12H2,(H2,19,20,21,22). The predicted octanol–water partition coefficient (Wildman–Crippen LogP) is 2.49. The molecule has 24 heavy (non-hydrogen) atoms. The number of nitrogens with zero attached hydrogens (tertiary/aromatic N) is 3. The lowest BCUT2D eigenvalue weighted by atomic mass is 10.2. The van der Waals surface area contributed by atoms with Gasteiger partial charge in [-0.3, -0.25) is 4.90 Å². The van der Waals surface area contributed by atoms with Gasteiger partial charge in [0.05, 0.1) is 13.2 Å². The van der Waals surface area contributed by atoms with Crippen LogP contribution in [0, 0.1) is 0 Å². The lowest BCUT2D eigenvalue weighted by molar-refractivity contribution is 0.0398. The summed E-state index contributed by atoms with van der Waals surface area (Å²) in [5.74, 6) is 1.63. The molecule has 0 atom stereocenters. The van der Waals surface area contributed by atoms with Crippen LogP contribution in [0.4, 0.5) is 11.6 Å². The van der Waals surface area contributed by atoms with Gasteiger partial charge in [0.2, 0.25) is 0 Å². The molecule has 1 fully saturated rings. The third-order valence-electron chi connectivity index (χ3n) is 3.89. The Bertz CT molecular complexity index is 631. The fourth-order valence-electron chi connectivity index (χ4n) is 2.51. The highest BCUT2D eigenvalue weighted by Crippen LogP contribution is 2.13. The van der Waals surface area contributed by atoms with Crippen LogP contribution in [0.1, 0.15) is 5.56 Å². The molecule has 0 bridgehead atoms. The maximum atomic E-state index is 5.89. The molecule has 2 aromatic rings. The van der Waals surface area contributed by atoms with Gasteiger partial charge in [0.1, 0.15) is 18.0 Å². The second-order valence-electron chi connectivity index (χ2n) is 5.65. The van der Waals surface area contributed by atoms with Crippen LogP contribution in [0.5, 0.6) is 0 Å². The molecule has 1 aliphatic rings. The number of hydrogen-bond donors (Lipinski definition) is 2. The molecular weight excluding hydrogens is 326 g/mol. The van der Waals surface area contributed by atoms with Crippen molar-refractivity contribution in [3.05, 3.63) is 47.2 Å². The molecule has 0 spiro atoms. The summed E-state index contributed by atoms with van der Waals surface area (Å²) >= 11 is 5.89. The van der Waals surface area contributed by atoms with Crippen molar-refractivity contribution in [1.29, 1.82) is 0 Å². The van der Waals surface area contributed by atoms with Crippen molar-refractivity contribution in [2.45, 2.75) is 6.54 Å². The molecule has 1 aromatic heterocycles. The van der Waals surface area contributed by atoms with E-state index in [1.165, 1.54) is 0 Å². The van der Waals surface area contributed by atoms with E-state index in [0.29, 0.717) is 6.54 Å². The first-order valence-electron chi connectivity index (χ1n) is 8.14. The molecule has 1 saturated heterocycles. The molecule has 1 aliphatic heterocycles. The van der Waals surface area contributed by atoms with Crippen LogP contribution >= 0.6 is 11.6 Å². The molecule has 3 rings (SSSR count). The Balaban J connectivity index is 1.45. The molecule has 2 N–H and O–H groups in total. The summed E-state index contributed by atoms with van der Waals surface area (Å²) < 4.78 is 5.35. The number of morpholine rings is 1. The van der Waals surface area contributed by atoms with Crippen molar-refractivity contribution >= 4 is 23.2 Å². The second kappa shape index (κ2) is 8.82. The average Bonchev–Trinajstić information content (AvgIpc) is 2.63. The van der Waals surface area contributed by atoms with E-state index in [2.05, 4.69) is 25.5 Å². The van der Waals surface area contributed by atoms with Crippen LogP contribution in [0.25, 0.3) is 0 Å². The minimum atomic E-state index is 0.696. The second-order valence-corrected chi connectivity index (χ2v) is 6.09. The third-order valence-corrected chi connectivity index (χ3v) is 4.14. The molecule has 128 valence electrons. The van der Waals surface area contributed by atoms with Gasteiger partial charge in [0.25, 0.3) is 0 Å². The molecule has 2 heterocycles. The topological polar surface area (TPSA) is 62.3 Å². The third kappa shape index (κ3) is 5.33. The molecule has 7 heteroatoms. The van der Waals surface area contributed by atoms with E-state index in [-0.39, 0.29) is 0 Å². The van der Waals surface area contributed by atoms with E-state index in [9.17, 15) is 0 Å². The molecule has 1 aromatic carbocycles. The van der Waals surface area contributed by atoms with Gasteiger partial charge in [-0.05, 0) is 17.7 Å². The smallest absolute Gasteiger partial charge is 0.131 e. The summed E-state index contributed by atoms with van der Waals surface area (Å²) in [6.07, 6.45) is 1.57. The quantitative estimate of drug-likeness (QED) is 0.802. The van der Waals surface area contributed by atoms with Gasteiger partial charge < -0.3 is 15.4 Å². The molecule has 0 saturated carbocycles. The van der Waals surface area contributed by atoms with Crippen LogP contribution < -0.4 is 10.6 Å². The highest BCUT2D eigenvalue weighted by Gasteiger charge is 2.09. The zero-order valence-electron chi connectivity index (χ0n) is 13.5. The van der Waals surface area contributed by atoms with Gasteiger partial charge >= 0.3 is 0 Å². The molecule has 6 nitrogen and oxygen atoms in total. The minimum Gasteiger partial charge on any atom is -0.379 e. The molecular formula is C17H22ClN5O. The number of hydrogen-bond acceptors (Lipinski definition) is 6. The Morgan fingerprint density at radius 2 is 1.75 bits per heavy atom. The lowest BCUT2D eigenvalue weighted by Crippen LogP contribution is -2.39. The number of halogens is 1. The summed E-state index contributed by atoms with van der Waals surface area (Å²) in [5.41, 5.74) is 1.15. The van der Waals surface area contributed by atoms with Crippen LogP contribution in [-0.2, 0) is 11.3 Å². The van der Waals surface area contributed by atoms with E-state index in [1.807, 2.05) is 30.3 Å². The normalized spacial score (nSPS) is 15.2. The van der Waals surface area contributed by atoms with Gasteiger partial charge in [-0.15, -0.1) is 0 Å². The molecule has 0 aliphatic carbocycles. The fourth-order valence-corrected chi connectivity index (χ4v) is 2.64. The van der Waals surface area contributed by atoms with Crippen LogP contribution in [-0.4, -0.2) is 54.3 Å². The Labute approximate surface area is 147 Å². The first-order valence-corrected chi connectivity index (χ1v) is 8.52. The van der Waals surface area contributed by atoms with Gasteiger partial charge in [0, 0.05) is 43.8 Å². The summed E-state index contributed by atoms with van der Waals surface area (Å²) in [6.45, 7) is 6.19. The van der Waals surface area contributed by atoms with E-state index in [1.54, 1.807) is 6.33 Å². The number of aromatic nitrogens is 2. The largest absolute Gasteiger partial charge is 0.379 e. The maximum absolute atomic E-state index is 5.89. The van der Waals surface area contributed by atoms with Gasteiger partial charge in [-0.25, -0.2) is 9.97 Å². The number of anilines is 2. The highest BCUT2D eigenvalue weighted by atomic mass is 35.5. The van der Waals surface area contributed by atoms with E-state index in [4.69, 9.17) is 16.3 Å². The Morgan fingerprint density at radius 1 is 1.04 bits per heavy atom. The van der Waals surface area contributed by atoms with Crippen LogP contribution in [0.2, 0.25) is 5.02 Å². The first-order chi connectivity index (χ1) is 11.8. The van der Waals surface area contributed by atoms with Gasteiger partial charge in [-0.1, -0.05) is 23.7 Å². The molecule has 0 radical (unpaired) electrons. The number of rotatable bonds is 7. The zero-order chi connectivity index (χ0) is 16.6. The Hall–Kier alpha value is -1.89. The zero-order valence-corrected chi connectivity index (χ0v) is 14.3. The summed E-state index contributed by atoms with van der Waals surface area (Å²) in [4.78, 5) is 10.9. The Morgan fingerprint density at radius 3 is 2.50 bits per heavy atom. The van der Waals surface area contributed by atoms with Crippen molar-refractivity contribution in [2.75, 3.05) is 50.0 Å². The predicted molar refractivity (Wildman–Crippen MR) is 96.6 cm³/mol. The number of ether oxygens (including phenoxy) is 1. The lowest BCUT2D eigenvalue weighted by Gasteiger charge is -2.26. The maximum Gasteiger partial charge on any atom is 0.131 e. The van der Waals surface area contributed by atoms with Crippen LogP contribution in [0.3, 0.4) is 0 Å². The number of nitrogens with one attached hydrogen (secondary N) is 2. The highest BCUT2D eigenvalue weighted by molar-refractivity contribution is 6.30. The first kappa shape index (κ1) is 17.0. The van der Waals surface area contributed by atoms with Crippen molar-refractivity contribution in [3.8, 4) is 0 Å². The van der Waals surface area contributed by atoms with Crippen molar-refractivity contribution in [3.63, 3.8) is 0 Å². The SMILES string of the molecule is Clc1ccc(CNc2cc(NCCN3CCOCC3)ncn2)cc1. The van der Waals surface area contributed by atoms with E-state index < -0.39 is 0 Å². The fraction of sp³-hybridized carbons (Fsp3) is 0.412. The minimum absolute atomic E-state index is 0.696. The Kier molecular flexibility index (Phi) is 6.23. The summed E-state index contributed by atoms with van der Waals surface area (Å²) in [5, 5.41) is 7.39. The average molecular weight is 348 g/mol. The van der Waals surface area contributed by atoms with Gasteiger partial charge in [0.15, 0.2) is 0 Å².